The summed E-state index contributed by atoms with van der Waals surface area (Å²) in [7, 11) is -3.63. The maximum Gasteiger partial charge on any atom is 0.260 e. The Morgan fingerprint density at radius 2 is 1.79 bits per heavy atom. The van der Waals surface area contributed by atoms with E-state index in [9.17, 15) is 13.2 Å². The second kappa shape index (κ2) is 8.45. The maximum atomic E-state index is 12.4. The lowest BCUT2D eigenvalue weighted by atomic mass is 10.1. The Bertz CT molecular complexity index is 1180. The molecule has 0 aliphatic carbocycles. The van der Waals surface area contributed by atoms with E-state index >= 15 is 0 Å². The van der Waals surface area contributed by atoms with Gasteiger partial charge in [-0.15, -0.1) is 0 Å². The number of sulfonamides is 1. The van der Waals surface area contributed by atoms with Crippen LogP contribution in [0.3, 0.4) is 0 Å². The smallest absolute Gasteiger partial charge is 0.260 e. The molecule has 0 atom stereocenters. The predicted molar refractivity (Wildman–Crippen MR) is 118 cm³/mol. The van der Waals surface area contributed by atoms with Gasteiger partial charge in [0, 0.05) is 5.56 Å². The number of carbonyl (C=O) groups is 1. The van der Waals surface area contributed by atoms with Crippen LogP contribution >= 0.6 is 0 Å². The molecule has 0 fully saturated rings. The number of hydrogen-bond acceptors (Lipinski definition) is 4. The lowest BCUT2D eigenvalue weighted by Crippen LogP contribution is -2.39. The zero-order chi connectivity index (χ0) is 21.0. The number of hydrazone groups is 1. The molecule has 0 aliphatic rings. The Hall–Kier alpha value is -3.19. The van der Waals surface area contributed by atoms with Gasteiger partial charge in [0.05, 0.1) is 18.2 Å². The first-order chi connectivity index (χ1) is 13.8. The average Bonchev–Trinajstić information content (AvgIpc) is 2.66. The van der Waals surface area contributed by atoms with Crippen LogP contribution in [0.2, 0.25) is 0 Å². The summed E-state index contributed by atoms with van der Waals surface area (Å²) in [5.74, 6) is -0.521. The van der Waals surface area contributed by atoms with Crippen LogP contribution in [0.25, 0.3) is 10.8 Å². The van der Waals surface area contributed by atoms with E-state index in [0.29, 0.717) is 5.69 Å². The highest BCUT2D eigenvalue weighted by atomic mass is 32.2. The van der Waals surface area contributed by atoms with E-state index in [1.54, 1.807) is 12.3 Å². The molecule has 0 spiro atoms. The summed E-state index contributed by atoms with van der Waals surface area (Å²) in [5, 5.41) is 6.10. The summed E-state index contributed by atoms with van der Waals surface area (Å²) >= 11 is 0. The summed E-state index contributed by atoms with van der Waals surface area (Å²) in [6.07, 6.45) is 2.64. The van der Waals surface area contributed by atoms with Crippen molar-refractivity contribution in [3.05, 3.63) is 77.4 Å². The van der Waals surface area contributed by atoms with Gasteiger partial charge in [-0.3, -0.25) is 9.10 Å². The fourth-order valence-corrected chi connectivity index (χ4v) is 4.08. The number of rotatable bonds is 6. The van der Waals surface area contributed by atoms with E-state index in [-0.39, 0.29) is 6.54 Å². The summed E-state index contributed by atoms with van der Waals surface area (Å²) in [6, 6.07) is 19.1. The lowest BCUT2D eigenvalue weighted by molar-refractivity contribution is -0.119. The lowest BCUT2D eigenvalue weighted by Gasteiger charge is -2.23. The largest absolute Gasteiger partial charge is 0.271 e. The number of fused-ring (bicyclic) bond motifs is 1. The third-order valence-electron chi connectivity index (χ3n) is 4.52. The van der Waals surface area contributed by atoms with E-state index in [2.05, 4.69) is 10.5 Å². The number of benzene rings is 3. The van der Waals surface area contributed by atoms with Gasteiger partial charge in [-0.1, -0.05) is 60.2 Å². The van der Waals surface area contributed by atoms with Gasteiger partial charge < -0.3 is 0 Å². The van der Waals surface area contributed by atoms with Crippen LogP contribution in [0.5, 0.6) is 0 Å². The molecule has 0 heterocycles. The second-order valence-corrected chi connectivity index (χ2v) is 8.83. The van der Waals surface area contributed by atoms with Crippen LogP contribution in [0.4, 0.5) is 5.69 Å². The van der Waals surface area contributed by atoms with Gasteiger partial charge in [-0.25, -0.2) is 13.8 Å². The van der Waals surface area contributed by atoms with Gasteiger partial charge in [-0.05, 0) is 36.2 Å². The molecular formula is C22H23N3O3S. The highest BCUT2D eigenvalue weighted by Gasteiger charge is 2.22. The minimum atomic E-state index is -3.63. The summed E-state index contributed by atoms with van der Waals surface area (Å²) in [4.78, 5) is 12.4. The molecule has 0 saturated heterocycles. The summed E-state index contributed by atoms with van der Waals surface area (Å²) < 4.78 is 25.6. The highest BCUT2D eigenvalue weighted by Crippen LogP contribution is 2.23. The molecule has 3 aromatic carbocycles. The van der Waals surface area contributed by atoms with Crippen molar-refractivity contribution in [2.45, 2.75) is 13.8 Å². The number of aryl methyl sites for hydroxylation is 2. The molecule has 150 valence electrons. The molecule has 0 bridgehead atoms. The molecule has 1 N–H and O–H groups in total. The number of anilines is 1. The topological polar surface area (TPSA) is 78.8 Å². The number of hydrogen-bond donors (Lipinski definition) is 1. The van der Waals surface area contributed by atoms with Crippen molar-refractivity contribution in [1.82, 2.24) is 5.43 Å². The van der Waals surface area contributed by atoms with E-state index in [4.69, 9.17) is 0 Å². The standard InChI is InChI=1S/C22H23N3O3S/c1-16-11-12-21(17(2)13-16)25(29(3,27)28)15-22(26)24-23-14-19-9-6-8-18-7-4-5-10-20(18)19/h4-14H,15H2,1-3H3,(H,24,26)/b23-14-. The molecule has 0 saturated carbocycles. The quantitative estimate of drug-likeness (QED) is 0.501. The Labute approximate surface area is 170 Å². The monoisotopic (exact) mass is 409 g/mol. The third kappa shape index (κ3) is 5.00. The maximum absolute atomic E-state index is 12.4. The zero-order valence-electron chi connectivity index (χ0n) is 16.6. The van der Waals surface area contributed by atoms with Crippen molar-refractivity contribution in [1.29, 1.82) is 0 Å². The van der Waals surface area contributed by atoms with Crippen molar-refractivity contribution >= 4 is 38.6 Å². The van der Waals surface area contributed by atoms with E-state index in [1.807, 2.05) is 68.4 Å². The van der Waals surface area contributed by atoms with E-state index in [0.717, 1.165) is 38.0 Å². The molecule has 0 radical (unpaired) electrons. The Kier molecular flexibility index (Phi) is 5.98. The molecule has 0 aromatic heterocycles. The first-order valence-corrected chi connectivity index (χ1v) is 10.9. The van der Waals surface area contributed by atoms with Crippen molar-refractivity contribution in [3.63, 3.8) is 0 Å². The van der Waals surface area contributed by atoms with Gasteiger partial charge in [0.1, 0.15) is 6.54 Å². The second-order valence-electron chi connectivity index (χ2n) is 6.92. The van der Waals surface area contributed by atoms with Crippen LogP contribution in [0, 0.1) is 13.8 Å². The Morgan fingerprint density at radius 3 is 2.52 bits per heavy atom. The van der Waals surface area contributed by atoms with Crippen molar-refractivity contribution < 1.29 is 13.2 Å². The molecular weight excluding hydrogens is 386 g/mol. The molecule has 3 aromatic rings. The molecule has 0 unspecified atom stereocenters. The van der Waals surface area contributed by atoms with Gasteiger partial charge in [-0.2, -0.15) is 5.10 Å². The Balaban J connectivity index is 1.76. The van der Waals surface area contributed by atoms with Gasteiger partial charge in [0.2, 0.25) is 10.0 Å². The number of nitrogens with one attached hydrogen (secondary N) is 1. The van der Waals surface area contributed by atoms with Crippen molar-refractivity contribution in [2.75, 3.05) is 17.1 Å². The fourth-order valence-electron chi connectivity index (χ4n) is 3.17. The van der Waals surface area contributed by atoms with Crippen LogP contribution in [0.1, 0.15) is 16.7 Å². The van der Waals surface area contributed by atoms with E-state index < -0.39 is 15.9 Å². The minimum Gasteiger partial charge on any atom is -0.271 e. The van der Waals surface area contributed by atoms with Gasteiger partial charge in [0.15, 0.2) is 0 Å². The fraction of sp³-hybridized carbons (Fsp3) is 0.182. The number of carbonyl (C=O) groups excluding carboxylic acids is 1. The van der Waals surface area contributed by atoms with Crippen molar-refractivity contribution in [3.8, 4) is 0 Å². The molecule has 6 nitrogen and oxygen atoms in total. The Morgan fingerprint density at radius 1 is 1.07 bits per heavy atom. The third-order valence-corrected chi connectivity index (χ3v) is 5.65. The number of nitrogens with zero attached hydrogens (tertiary/aromatic N) is 2. The number of amides is 1. The van der Waals surface area contributed by atoms with Crippen LogP contribution in [-0.2, 0) is 14.8 Å². The van der Waals surface area contributed by atoms with Crippen LogP contribution in [0.15, 0.2) is 65.8 Å². The van der Waals surface area contributed by atoms with Gasteiger partial charge in [0.25, 0.3) is 5.91 Å². The van der Waals surface area contributed by atoms with Crippen molar-refractivity contribution in [2.24, 2.45) is 5.10 Å². The van der Waals surface area contributed by atoms with Crippen LogP contribution < -0.4 is 9.73 Å². The van der Waals surface area contributed by atoms with Gasteiger partial charge >= 0.3 is 0 Å². The predicted octanol–water partition coefficient (Wildman–Crippen LogP) is 3.37. The summed E-state index contributed by atoms with van der Waals surface area (Å²) in [5.41, 5.74) is 5.56. The minimum absolute atomic E-state index is 0.352. The first kappa shape index (κ1) is 20.5. The molecule has 3 rings (SSSR count). The summed E-state index contributed by atoms with van der Waals surface area (Å²) in [6.45, 7) is 3.39. The molecule has 29 heavy (non-hydrogen) atoms. The first-order valence-electron chi connectivity index (χ1n) is 9.10. The average molecular weight is 410 g/mol. The zero-order valence-corrected chi connectivity index (χ0v) is 17.4. The highest BCUT2D eigenvalue weighted by molar-refractivity contribution is 7.92. The van der Waals surface area contributed by atoms with E-state index in [1.165, 1.54) is 0 Å². The molecule has 7 heteroatoms. The van der Waals surface area contributed by atoms with Crippen LogP contribution in [-0.4, -0.2) is 33.3 Å². The normalized spacial score (nSPS) is 11.7. The molecule has 0 aliphatic heterocycles. The SMILES string of the molecule is Cc1ccc(N(CC(=O)N/N=C\c2cccc3ccccc23)S(C)(=O)=O)c(C)c1. The molecule has 1 amide bonds.